The molecule has 0 spiro atoms. The number of halogens is 1. The third kappa shape index (κ3) is 4.02. The van der Waals surface area contributed by atoms with Gasteiger partial charge in [-0.2, -0.15) is 0 Å². The molecule has 4 nitrogen and oxygen atoms in total. The number of hydrogen-bond acceptors (Lipinski definition) is 3. The van der Waals surface area contributed by atoms with Crippen molar-refractivity contribution in [1.82, 2.24) is 14.9 Å². The fourth-order valence-electron chi connectivity index (χ4n) is 2.01. The number of carbonyl (C=O) groups excluding carboxylic acids is 1. The van der Waals surface area contributed by atoms with Crippen LogP contribution in [0.1, 0.15) is 36.3 Å². The number of amides is 1. The van der Waals surface area contributed by atoms with Gasteiger partial charge >= 0.3 is 0 Å². The summed E-state index contributed by atoms with van der Waals surface area (Å²) in [6.45, 7) is 4.59. The van der Waals surface area contributed by atoms with Gasteiger partial charge in [-0.15, -0.1) is 0 Å². The van der Waals surface area contributed by atoms with Crippen LogP contribution in [0.3, 0.4) is 0 Å². The van der Waals surface area contributed by atoms with Crippen molar-refractivity contribution in [2.45, 2.75) is 32.9 Å². The van der Waals surface area contributed by atoms with Crippen LogP contribution in [-0.4, -0.2) is 26.8 Å². The van der Waals surface area contributed by atoms with Gasteiger partial charge in [0.15, 0.2) is 0 Å². The Labute approximate surface area is 129 Å². The van der Waals surface area contributed by atoms with Gasteiger partial charge in [0.05, 0.1) is 0 Å². The van der Waals surface area contributed by atoms with Crippen LogP contribution in [0, 0.1) is 0 Å². The van der Waals surface area contributed by atoms with Crippen LogP contribution in [0.25, 0.3) is 0 Å². The number of aromatic nitrogens is 2. The van der Waals surface area contributed by atoms with Gasteiger partial charge in [0.2, 0.25) is 0 Å². The fourth-order valence-corrected chi connectivity index (χ4v) is 2.17. The molecule has 0 saturated carbocycles. The summed E-state index contributed by atoms with van der Waals surface area (Å²) in [5.74, 6) is -0.115. The van der Waals surface area contributed by atoms with E-state index in [1.54, 1.807) is 35.5 Å². The molecule has 0 aromatic carbocycles. The molecule has 0 bridgehead atoms. The Balaban J connectivity index is 2.25. The van der Waals surface area contributed by atoms with Gasteiger partial charge < -0.3 is 4.90 Å². The zero-order chi connectivity index (χ0) is 15.2. The number of carbonyl (C=O) groups is 1. The number of nitrogens with zero attached hydrogens (tertiary/aromatic N) is 3. The van der Waals surface area contributed by atoms with Crippen molar-refractivity contribution in [3.05, 3.63) is 59.1 Å². The minimum absolute atomic E-state index is 0.110. The standard InChI is InChI=1S/C16H18ClN3O/c1-3-12(2)20(11-13-6-5-9-18-10-13)16(21)14-7-4-8-15(17)19-14/h4-10,12H,3,11H2,1-2H3. The summed E-state index contributed by atoms with van der Waals surface area (Å²) in [5, 5.41) is 0.325. The molecule has 1 atom stereocenters. The normalized spacial score (nSPS) is 12.0. The first-order valence-corrected chi connectivity index (χ1v) is 7.32. The highest BCUT2D eigenvalue weighted by molar-refractivity contribution is 6.29. The summed E-state index contributed by atoms with van der Waals surface area (Å²) < 4.78 is 0. The van der Waals surface area contributed by atoms with Gasteiger partial charge in [0, 0.05) is 25.0 Å². The molecule has 2 heterocycles. The first-order chi connectivity index (χ1) is 10.1. The Morgan fingerprint density at radius 3 is 2.76 bits per heavy atom. The van der Waals surface area contributed by atoms with Crippen molar-refractivity contribution in [2.75, 3.05) is 0 Å². The summed E-state index contributed by atoms with van der Waals surface area (Å²) in [6, 6.07) is 9.02. The second-order valence-corrected chi connectivity index (χ2v) is 5.28. The minimum Gasteiger partial charge on any atom is -0.330 e. The van der Waals surface area contributed by atoms with Crippen LogP contribution in [0.15, 0.2) is 42.7 Å². The van der Waals surface area contributed by atoms with Crippen molar-refractivity contribution in [2.24, 2.45) is 0 Å². The molecule has 0 aliphatic rings. The molecule has 0 N–H and O–H groups in total. The predicted molar refractivity (Wildman–Crippen MR) is 83.1 cm³/mol. The summed E-state index contributed by atoms with van der Waals surface area (Å²) in [4.78, 5) is 22.7. The summed E-state index contributed by atoms with van der Waals surface area (Å²) in [7, 11) is 0. The number of rotatable bonds is 5. The van der Waals surface area contributed by atoms with Gasteiger partial charge in [-0.25, -0.2) is 4.98 Å². The highest BCUT2D eigenvalue weighted by atomic mass is 35.5. The molecule has 0 fully saturated rings. The lowest BCUT2D eigenvalue weighted by Gasteiger charge is -2.28. The lowest BCUT2D eigenvalue weighted by atomic mass is 10.1. The molecule has 2 aromatic rings. The first kappa shape index (κ1) is 15.4. The van der Waals surface area contributed by atoms with Crippen molar-refractivity contribution in [3.8, 4) is 0 Å². The smallest absolute Gasteiger partial charge is 0.273 e. The average Bonchev–Trinajstić information content (AvgIpc) is 2.52. The van der Waals surface area contributed by atoms with Crippen LogP contribution in [-0.2, 0) is 6.54 Å². The molecule has 1 unspecified atom stereocenters. The topological polar surface area (TPSA) is 46.1 Å². The fraction of sp³-hybridized carbons (Fsp3) is 0.312. The van der Waals surface area contributed by atoms with E-state index in [9.17, 15) is 4.79 Å². The summed E-state index contributed by atoms with van der Waals surface area (Å²) >= 11 is 5.88. The monoisotopic (exact) mass is 303 g/mol. The van der Waals surface area contributed by atoms with Gasteiger partial charge in [0.25, 0.3) is 5.91 Å². The van der Waals surface area contributed by atoms with E-state index in [1.165, 1.54) is 0 Å². The molecule has 21 heavy (non-hydrogen) atoms. The molecule has 0 aliphatic heterocycles. The molecule has 0 aliphatic carbocycles. The van der Waals surface area contributed by atoms with Crippen LogP contribution in [0.4, 0.5) is 0 Å². The van der Waals surface area contributed by atoms with Gasteiger partial charge in [-0.3, -0.25) is 9.78 Å². The Hall–Kier alpha value is -1.94. The summed E-state index contributed by atoms with van der Waals surface area (Å²) in [6.07, 6.45) is 4.36. The molecule has 5 heteroatoms. The molecule has 2 aromatic heterocycles. The highest BCUT2D eigenvalue weighted by Gasteiger charge is 2.22. The van der Waals surface area contributed by atoms with Crippen molar-refractivity contribution in [3.63, 3.8) is 0 Å². The molecular formula is C16H18ClN3O. The van der Waals surface area contributed by atoms with E-state index in [4.69, 9.17) is 11.6 Å². The number of hydrogen-bond donors (Lipinski definition) is 0. The highest BCUT2D eigenvalue weighted by Crippen LogP contribution is 2.15. The van der Waals surface area contributed by atoms with Crippen LogP contribution >= 0.6 is 11.6 Å². The van der Waals surface area contributed by atoms with E-state index in [0.717, 1.165) is 12.0 Å². The minimum atomic E-state index is -0.115. The Morgan fingerprint density at radius 1 is 1.33 bits per heavy atom. The molecule has 0 saturated heterocycles. The van der Waals surface area contributed by atoms with E-state index >= 15 is 0 Å². The first-order valence-electron chi connectivity index (χ1n) is 6.94. The van der Waals surface area contributed by atoms with Crippen molar-refractivity contribution in [1.29, 1.82) is 0 Å². The molecule has 1 amide bonds. The van der Waals surface area contributed by atoms with E-state index in [2.05, 4.69) is 16.9 Å². The maximum atomic E-state index is 12.7. The van der Waals surface area contributed by atoms with E-state index in [1.807, 2.05) is 19.1 Å². The molecular weight excluding hydrogens is 286 g/mol. The zero-order valence-electron chi connectivity index (χ0n) is 12.2. The third-order valence-electron chi connectivity index (χ3n) is 3.39. The number of pyridine rings is 2. The summed E-state index contributed by atoms with van der Waals surface area (Å²) in [5.41, 5.74) is 1.36. The maximum Gasteiger partial charge on any atom is 0.273 e. The Bertz CT molecular complexity index is 603. The van der Waals surface area contributed by atoms with Gasteiger partial charge in [-0.05, 0) is 37.1 Å². The zero-order valence-corrected chi connectivity index (χ0v) is 12.9. The maximum absolute atomic E-state index is 12.7. The van der Waals surface area contributed by atoms with Gasteiger partial charge in [-0.1, -0.05) is 30.7 Å². The molecule has 110 valence electrons. The Kier molecular flexibility index (Phi) is 5.28. The predicted octanol–water partition coefficient (Wildman–Crippen LogP) is 3.57. The third-order valence-corrected chi connectivity index (χ3v) is 3.60. The quantitative estimate of drug-likeness (QED) is 0.793. The van der Waals surface area contributed by atoms with Crippen LogP contribution in [0.2, 0.25) is 5.15 Å². The second kappa shape index (κ2) is 7.18. The lowest BCUT2D eigenvalue weighted by Crippen LogP contribution is -2.38. The van der Waals surface area contributed by atoms with Crippen LogP contribution < -0.4 is 0 Å². The second-order valence-electron chi connectivity index (χ2n) is 4.90. The molecule has 0 radical (unpaired) electrons. The van der Waals surface area contributed by atoms with E-state index < -0.39 is 0 Å². The van der Waals surface area contributed by atoms with E-state index in [-0.39, 0.29) is 11.9 Å². The van der Waals surface area contributed by atoms with Crippen molar-refractivity contribution >= 4 is 17.5 Å². The lowest BCUT2D eigenvalue weighted by molar-refractivity contribution is 0.0665. The van der Waals surface area contributed by atoms with E-state index in [0.29, 0.717) is 17.4 Å². The molecule has 2 rings (SSSR count). The largest absolute Gasteiger partial charge is 0.330 e. The Morgan fingerprint density at radius 2 is 2.14 bits per heavy atom. The van der Waals surface area contributed by atoms with Crippen LogP contribution in [0.5, 0.6) is 0 Å². The van der Waals surface area contributed by atoms with Gasteiger partial charge in [0.1, 0.15) is 10.8 Å². The average molecular weight is 304 g/mol. The SMILES string of the molecule is CCC(C)N(Cc1cccnc1)C(=O)c1cccc(Cl)n1. The van der Waals surface area contributed by atoms with Crippen molar-refractivity contribution < 1.29 is 4.79 Å².